The Morgan fingerprint density at radius 2 is 2.08 bits per heavy atom. The quantitative estimate of drug-likeness (QED) is 0.666. The van der Waals surface area contributed by atoms with Gasteiger partial charge in [-0.2, -0.15) is 0 Å². The third kappa shape index (κ3) is 2.89. The van der Waals surface area contributed by atoms with Crippen LogP contribution in [0.1, 0.15) is 32.0 Å². The number of fused-ring (bicyclic) bond motifs is 1. The van der Waals surface area contributed by atoms with Gasteiger partial charge < -0.3 is 19.8 Å². The second kappa shape index (κ2) is 5.99. The number of nitrogens with one attached hydrogen (secondary N) is 2. The summed E-state index contributed by atoms with van der Waals surface area (Å²) in [6, 6.07) is 4.97. The van der Waals surface area contributed by atoms with Crippen LogP contribution in [-0.4, -0.2) is 27.0 Å². The first-order valence-electron chi connectivity index (χ1n) is 7.03. The van der Waals surface area contributed by atoms with Gasteiger partial charge in [0.25, 0.3) is 11.5 Å². The van der Waals surface area contributed by atoms with Crippen LogP contribution in [0.4, 0.5) is 0 Å². The van der Waals surface area contributed by atoms with Gasteiger partial charge in [-0.05, 0) is 30.7 Å². The molecule has 0 saturated heterocycles. The summed E-state index contributed by atoms with van der Waals surface area (Å²) in [5, 5.41) is 12.4. The number of carboxylic acids is 1. The molecular formula is C16H13N3O5. The van der Waals surface area contributed by atoms with Crippen LogP contribution in [0.15, 0.2) is 39.9 Å². The number of aromatic amines is 1. The first-order valence-corrected chi connectivity index (χ1v) is 7.03. The molecule has 3 N–H and O–H groups in total. The van der Waals surface area contributed by atoms with Crippen molar-refractivity contribution >= 4 is 22.8 Å². The molecule has 0 spiro atoms. The Labute approximate surface area is 135 Å². The fourth-order valence-corrected chi connectivity index (χ4v) is 2.37. The highest BCUT2D eigenvalue weighted by Crippen LogP contribution is 2.25. The van der Waals surface area contributed by atoms with Crippen molar-refractivity contribution in [3.05, 3.63) is 63.5 Å². The molecule has 0 unspecified atom stereocenters. The topological polar surface area (TPSA) is 125 Å². The van der Waals surface area contributed by atoms with Gasteiger partial charge in [-0.25, -0.2) is 9.78 Å². The first kappa shape index (κ1) is 15.5. The van der Waals surface area contributed by atoms with Crippen molar-refractivity contribution in [2.24, 2.45) is 0 Å². The van der Waals surface area contributed by atoms with E-state index < -0.39 is 17.4 Å². The van der Waals surface area contributed by atoms with Crippen molar-refractivity contribution in [3.8, 4) is 0 Å². The van der Waals surface area contributed by atoms with E-state index in [9.17, 15) is 19.5 Å². The van der Waals surface area contributed by atoms with Crippen molar-refractivity contribution in [1.82, 2.24) is 15.3 Å². The Bertz CT molecular complexity index is 1000. The average Bonchev–Trinajstić information content (AvgIpc) is 2.94. The Hall–Kier alpha value is -3.42. The Kier molecular flexibility index (Phi) is 3.87. The van der Waals surface area contributed by atoms with Gasteiger partial charge in [0, 0.05) is 11.6 Å². The van der Waals surface area contributed by atoms with Crippen molar-refractivity contribution in [3.63, 3.8) is 0 Å². The number of amides is 1. The summed E-state index contributed by atoms with van der Waals surface area (Å²) in [5.74, 6) is -1.30. The van der Waals surface area contributed by atoms with Crippen LogP contribution < -0.4 is 10.9 Å². The van der Waals surface area contributed by atoms with Gasteiger partial charge in [0.2, 0.25) is 0 Å². The van der Waals surface area contributed by atoms with Gasteiger partial charge in [0.05, 0.1) is 12.9 Å². The number of hydrogen-bond donors (Lipinski definition) is 3. The molecule has 0 saturated carbocycles. The number of aryl methyl sites for hydroxylation is 1. The van der Waals surface area contributed by atoms with Crippen LogP contribution in [0.3, 0.4) is 0 Å². The van der Waals surface area contributed by atoms with Gasteiger partial charge in [0.15, 0.2) is 0 Å². The number of aromatic carboxylic acids is 1. The van der Waals surface area contributed by atoms with E-state index in [2.05, 4.69) is 15.3 Å². The molecule has 1 amide bonds. The van der Waals surface area contributed by atoms with Crippen LogP contribution >= 0.6 is 0 Å². The summed E-state index contributed by atoms with van der Waals surface area (Å²) in [6.07, 6.45) is 2.35. The van der Waals surface area contributed by atoms with E-state index in [0.29, 0.717) is 11.1 Å². The lowest BCUT2D eigenvalue weighted by atomic mass is 10.1. The van der Waals surface area contributed by atoms with Crippen molar-refractivity contribution in [2.45, 2.75) is 13.5 Å². The fourth-order valence-electron chi connectivity index (χ4n) is 2.37. The molecule has 3 rings (SSSR count). The van der Waals surface area contributed by atoms with Crippen molar-refractivity contribution in [1.29, 1.82) is 0 Å². The lowest BCUT2D eigenvalue weighted by Gasteiger charge is -2.01. The highest BCUT2D eigenvalue weighted by atomic mass is 16.4. The number of rotatable bonds is 4. The van der Waals surface area contributed by atoms with E-state index in [0.717, 1.165) is 5.56 Å². The predicted octanol–water partition coefficient (Wildman–Crippen LogP) is 1.45. The molecule has 0 atom stereocenters. The maximum absolute atomic E-state index is 12.0. The number of aromatic nitrogens is 2. The maximum Gasteiger partial charge on any atom is 0.339 e. The fraction of sp³-hybridized carbons (Fsp3) is 0.125. The molecule has 2 aromatic heterocycles. The zero-order valence-corrected chi connectivity index (χ0v) is 12.6. The molecule has 3 aromatic rings. The molecule has 0 fully saturated rings. The van der Waals surface area contributed by atoms with E-state index in [1.165, 1.54) is 18.6 Å². The normalized spacial score (nSPS) is 10.7. The van der Waals surface area contributed by atoms with Crippen molar-refractivity contribution < 1.29 is 19.1 Å². The van der Waals surface area contributed by atoms with Crippen LogP contribution in [0, 0.1) is 6.92 Å². The Balaban J connectivity index is 1.85. The number of carbonyl (C=O) groups is 2. The van der Waals surface area contributed by atoms with Gasteiger partial charge in [-0.15, -0.1) is 0 Å². The third-order valence-corrected chi connectivity index (χ3v) is 3.43. The highest BCUT2D eigenvalue weighted by molar-refractivity contribution is 6.01. The van der Waals surface area contributed by atoms with Crippen LogP contribution in [0.5, 0.6) is 0 Å². The zero-order chi connectivity index (χ0) is 17.3. The monoisotopic (exact) mass is 327 g/mol. The summed E-state index contributed by atoms with van der Waals surface area (Å²) in [6.45, 7) is 1.80. The standard InChI is InChI=1S/C16H13N3O5/c1-8-2-9-4-10(24-13(9)11(3-8)16(22)23)5-18-14(20)12-6-17-7-19-15(12)21/h2-4,6-7H,5H2,1H3,(H,18,20)(H,22,23)(H,17,19,21). The smallest absolute Gasteiger partial charge is 0.339 e. The molecule has 0 radical (unpaired) electrons. The summed E-state index contributed by atoms with van der Waals surface area (Å²) < 4.78 is 5.53. The van der Waals surface area contributed by atoms with E-state index in [1.807, 2.05) is 0 Å². The average molecular weight is 327 g/mol. The van der Waals surface area contributed by atoms with Crippen LogP contribution in [0.25, 0.3) is 11.0 Å². The van der Waals surface area contributed by atoms with E-state index >= 15 is 0 Å². The molecule has 2 heterocycles. The number of benzene rings is 1. The largest absolute Gasteiger partial charge is 0.478 e. The summed E-state index contributed by atoms with van der Waals surface area (Å²) in [7, 11) is 0. The SMILES string of the molecule is Cc1cc(C(=O)O)c2oc(CNC(=O)c3cnc[nH]c3=O)cc2c1. The van der Waals surface area contributed by atoms with Gasteiger partial charge in [-0.3, -0.25) is 9.59 Å². The predicted molar refractivity (Wildman–Crippen MR) is 83.9 cm³/mol. The second-order valence-corrected chi connectivity index (χ2v) is 5.23. The molecule has 0 aliphatic carbocycles. The number of H-pyrrole nitrogens is 1. The third-order valence-electron chi connectivity index (χ3n) is 3.43. The van der Waals surface area contributed by atoms with Crippen LogP contribution in [0.2, 0.25) is 0 Å². The number of furan rings is 1. The number of hydrogen-bond acceptors (Lipinski definition) is 5. The van der Waals surface area contributed by atoms with Gasteiger partial charge >= 0.3 is 5.97 Å². The second-order valence-electron chi connectivity index (χ2n) is 5.23. The summed E-state index contributed by atoms with van der Waals surface area (Å²) in [5.41, 5.74) is 0.438. The minimum Gasteiger partial charge on any atom is -0.478 e. The summed E-state index contributed by atoms with van der Waals surface area (Å²) in [4.78, 5) is 40.8. The minimum absolute atomic E-state index is 0.0138. The molecule has 8 nitrogen and oxygen atoms in total. The molecule has 8 heteroatoms. The minimum atomic E-state index is -1.09. The highest BCUT2D eigenvalue weighted by Gasteiger charge is 2.16. The lowest BCUT2D eigenvalue weighted by molar-refractivity contribution is 0.0697. The number of nitrogens with zero attached hydrogens (tertiary/aromatic N) is 1. The van der Waals surface area contributed by atoms with Gasteiger partial charge in [-0.1, -0.05) is 0 Å². The van der Waals surface area contributed by atoms with E-state index in [4.69, 9.17) is 4.42 Å². The lowest BCUT2D eigenvalue weighted by Crippen LogP contribution is -2.29. The van der Waals surface area contributed by atoms with Gasteiger partial charge in [0.1, 0.15) is 22.5 Å². The molecule has 0 aliphatic heterocycles. The molecule has 0 bridgehead atoms. The molecule has 0 aliphatic rings. The number of carbonyl (C=O) groups excluding carboxylic acids is 1. The maximum atomic E-state index is 12.0. The molecular weight excluding hydrogens is 314 g/mol. The number of carboxylic acid groups (broad SMARTS) is 1. The Morgan fingerprint density at radius 1 is 1.29 bits per heavy atom. The molecule has 122 valence electrons. The van der Waals surface area contributed by atoms with Crippen molar-refractivity contribution in [2.75, 3.05) is 0 Å². The van der Waals surface area contributed by atoms with Crippen LogP contribution in [-0.2, 0) is 6.54 Å². The zero-order valence-electron chi connectivity index (χ0n) is 12.6. The molecule has 24 heavy (non-hydrogen) atoms. The van der Waals surface area contributed by atoms with E-state index in [-0.39, 0.29) is 23.3 Å². The van der Waals surface area contributed by atoms with E-state index in [1.54, 1.807) is 19.1 Å². The Morgan fingerprint density at radius 3 is 2.79 bits per heavy atom. The first-order chi connectivity index (χ1) is 11.5. The molecule has 1 aromatic carbocycles. The summed E-state index contributed by atoms with van der Waals surface area (Å²) >= 11 is 0.